The van der Waals surface area contributed by atoms with Gasteiger partial charge in [0.1, 0.15) is 16.0 Å². The largest absolute Gasteiger partial charge is 0.495 e. The molecule has 2 nitrogen and oxygen atoms in total. The Hall–Kier alpha value is -1.19. The van der Waals surface area contributed by atoms with Crippen molar-refractivity contribution in [2.75, 3.05) is 14.2 Å². The second kappa shape index (κ2) is 6.31. The van der Waals surface area contributed by atoms with Gasteiger partial charge in [-0.15, -0.1) is 11.6 Å². The average molecular weight is 342 g/mol. The van der Waals surface area contributed by atoms with Crippen molar-refractivity contribution < 1.29 is 9.47 Å². The van der Waals surface area contributed by atoms with E-state index in [9.17, 15) is 0 Å². The first-order valence-corrected chi connectivity index (χ1v) is 7.01. The minimum atomic E-state index is -0.265. The van der Waals surface area contributed by atoms with Crippen LogP contribution in [0, 0.1) is 0 Å². The molecule has 0 saturated heterocycles. The third-order valence-corrected chi connectivity index (χ3v) is 4.12. The molecule has 100 valence electrons. The Morgan fingerprint density at radius 3 is 2.26 bits per heavy atom. The van der Waals surface area contributed by atoms with Crippen LogP contribution in [0.4, 0.5) is 0 Å². The molecule has 0 spiro atoms. The van der Waals surface area contributed by atoms with Crippen molar-refractivity contribution in [2.45, 2.75) is 5.38 Å². The lowest BCUT2D eigenvalue weighted by Crippen LogP contribution is -1.99. The van der Waals surface area contributed by atoms with Crippen molar-refractivity contribution in [2.24, 2.45) is 0 Å². The molecule has 2 aromatic carbocycles. The molecule has 0 heterocycles. The number of hydrogen-bond donors (Lipinski definition) is 0. The molecule has 0 aliphatic heterocycles. The van der Waals surface area contributed by atoms with Crippen LogP contribution in [0.15, 0.2) is 46.9 Å². The molecule has 0 N–H and O–H groups in total. The van der Waals surface area contributed by atoms with Crippen LogP contribution in [-0.2, 0) is 0 Å². The number of benzene rings is 2. The van der Waals surface area contributed by atoms with E-state index in [1.807, 2.05) is 42.5 Å². The molecule has 0 amide bonds. The summed E-state index contributed by atoms with van der Waals surface area (Å²) < 4.78 is 11.5. The summed E-state index contributed by atoms with van der Waals surface area (Å²) in [6.07, 6.45) is 0. The molecule has 1 unspecified atom stereocenters. The van der Waals surface area contributed by atoms with Crippen molar-refractivity contribution in [3.8, 4) is 11.5 Å². The van der Waals surface area contributed by atoms with Gasteiger partial charge >= 0.3 is 0 Å². The summed E-state index contributed by atoms with van der Waals surface area (Å²) in [5, 5.41) is -0.265. The topological polar surface area (TPSA) is 18.5 Å². The van der Waals surface area contributed by atoms with Crippen molar-refractivity contribution >= 4 is 27.5 Å². The van der Waals surface area contributed by atoms with Gasteiger partial charge in [-0.05, 0) is 33.6 Å². The highest BCUT2D eigenvalue weighted by molar-refractivity contribution is 9.10. The normalized spacial score (nSPS) is 12.0. The third kappa shape index (κ3) is 2.88. The lowest BCUT2D eigenvalue weighted by molar-refractivity contribution is 0.386. The van der Waals surface area contributed by atoms with E-state index in [1.165, 1.54) is 0 Å². The highest BCUT2D eigenvalue weighted by Crippen LogP contribution is 2.43. The van der Waals surface area contributed by atoms with E-state index in [0.717, 1.165) is 21.3 Å². The first kappa shape index (κ1) is 14.2. The molecule has 0 aromatic heterocycles. The molecule has 4 heteroatoms. The predicted molar refractivity (Wildman–Crippen MR) is 81.4 cm³/mol. The molecule has 0 radical (unpaired) electrons. The van der Waals surface area contributed by atoms with Gasteiger partial charge < -0.3 is 9.47 Å². The summed E-state index contributed by atoms with van der Waals surface area (Å²) in [5.41, 5.74) is 1.93. The third-order valence-electron chi connectivity index (χ3n) is 2.88. The molecule has 1 atom stereocenters. The minimum absolute atomic E-state index is 0.265. The highest BCUT2D eigenvalue weighted by atomic mass is 79.9. The molecule has 0 aliphatic carbocycles. The van der Waals surface area contributed by atoms with E-state index in [0.29, 0.717) is 5.75 Å². The Labute approximate surface area is 126 Å². The van der Waals surface area contributed by atoms with Crippen LogP contribution in [0.5, 0.6) is 11.5 Å². The van der Waals surface area contributed by atoms with E-state index in [4.69, 9.17) is 21.1 Å². The molecule has 2 aromatic rings. The van der Waals surface area contributed by atoms with Crippen molar-refractivity contribution in [1.82, 2.24) is 0 Å². The van der Waals surface area contributed by atoms with Gasteiger partial charge in [-0.1, -0.05) is 30.3 Å². The van der Waals surface area contributed by atoms with Crippen LogP contribution in [0.1, 0.15) is 16.5 Å². The Bertz CT molecular complexity index is 558. The SMILES string of the molecule is COc1ccc(C(Cl)c2ccccc2)c(OC)c1Br. The van der Waals surface area contributed by atoms with E-state index in [2.05, 4.69) is 15.9 Å². The average Bonchev–Trinajstić information content (AvgIpc) is 2.47. The molecular weight excluding hydrogens is 328 g/mol. The molecule has 19 heavy (non-hydrogen) atoms. The summed E-state index contributed by atoms with van der Waals surface area (Å²) >= 11 is 10.0. The fourth-order valence-electron chi connectivity index (χ4n) is 1.92. The monoisotopic (exact) mass is 340 g/mol. The summed E-state index contributed by atoms with van der Waals surface area (Å²) in [6, 6.07) is 13.7. The number of methoxy groups -OCH3 is 2. The highest BCUT2D eigenvalue weighted by Gasteiger charge is 2.19. The zero-order valence-electron chi connectivity index (χ0n) is 10.7. The predicted octanol–water partition coefficient (Wildman–Crippen LogP) is 4.79. The van der Waals surface area contributed by atoms with Gasteiger partial charge in [0.05, 0.1) is 19.6 Å². The fourth-order valence-corrected chi connectivity index (χ4v) is 2.92. The summed E-state index contributed by atoms with van der Waals surface area (Å²) in [4.78, 5) is 0. The number of halogens is 2. The zero-order chi connectivity index (χ0) is 13.8. The van der Waals surface area contributed by atoms with Crippen LogP contribution >= 0.6 is 27.5 Å². The van der Waals surface area contributed by atoms with Gasteiger partial charge in [-0.25, -0.2) is 0 Å². The maximum absolute atomic E-state index is 6.54. The van der Waals surface area contributed by atoms with Crippen molar-refractivity contribution in [3.63, 3.8) is 0 Å². The Morgan fingerprint density at radius 2 is 1.68 bits per heavy atom. The molecule has 2 rings (SSSR count). The molecule has 0 fully saturated rings. The summed E-state index contributed by atoms with van der Waals surface area (Å²) in [5.74, 6) is 1.42. The standard InChI is InChI=1S/C15H14BrClO2/c1-18-12-9-8-11(15(19-2)13(12)16)14(17)10-6-4-3-5-7-10/h3-9,14H,1-2H3. The number of hydrogen-bond acceptors (Lipinski definition) is 2. The lowest BCUT2D eigenvalue weighted by atomic mass is 10.0. The van der Waals surface area contributed by atoms with Crippen LogP contribution in [0.2, 0.25) is 0 Å². The van der Waals surface area contributed by atoms with Crippen LogP contribution < -0.4 is 9.47 Å². The van der Waals surface area contributed by atoms with E-state index in [-0.39, 0.29) is 5.38 Å². The maximum Gasteiger partial charge on any atom is 0.141 e. The van der Waals surface area contributed by atoms with Gasteiger partial charge in [0.15, 0.2) is 0 Å². The first-order valence-electron chi connectivity index (χ1n) is 5.78. The Morgan fingerprint density at radius 1 is 1.00 bits per heavy atom. The van der Waals surface area contributed by atoms with Gasteiger partial charge in [0, 0.05) is 5.56 Å². The number of rotatable bonds is 4. The zero-order valence-corrected chi connectivity index (χ0v) is 13.0. The van der Waals surface area contributed by atoms with Crippen LogP contribution in [0.3, 0.4) is 0 Å². The van der Waals surface area contributed by atoms with Crippen LogP contribution in [0.25, 0.3) is 0 Å². The second-order valence-electron chi connectivity index (χ2n) is 3.98. The molecule has 0 aliphatic rings. The van der Waals surface area contributed by atoms with E-state index in [1.54, 1.807) is 14.2 Å². The van der Waals surface area contributed by atoms with Crippen molar-refractivity contribution in [1.29, 1.82) is 0 Å². The lowest BCUT2D eigenvalue weighted by Gasteiger charge is -2.17. The molecule has 0 saturated carbocycles. The van der Waals surface area contributed by atoms with E-state index < -0.39 is 0 Å². The van der Waals surface area contributed by atoms with E-state index >= 15 is 0 Å². The Kier molecular flexibility index (Phi) is 4.72. The Balaban J connectivity index is 2.48. The molecule has 0 bridgehead atoms. The second-order valence-corrected chi connectivity index (χ2v) is 5.21. The van der Waals surface area contributed by atoms with Gasteiger partial charge in [0.2, 0.25) is 0 Å². The van der Waals surface area contributed by atoms with Gasteiger partial charge in [-0.2, -0.15) is 0 Å². The summed E-state index contributed by atoms with van der Waals surface area (Å²) in [7, 11) is 3.24. The van der Waals surface area contributed by atoms with Gasteiger partial charge in [0.25, 0.3) is 0 Å². The minimum Gasteiger partial charge on any atom is -0.495 e. The van der Waals surface area contributed by atoms with Crippen molar-refractivity contribution in [3.05, 3.63) is 58.1 Å². The van der Waals surface area contributed by atoms with Crippen LogP contribution in [-0.4, -0.2) is 14.2 Å². The maximum atomic E-state index is 6.54. The van der Waals surface area contributed by atoms with Gasteiger partial charge in [-0.3, -0.25) is 0 Å². The first-order chi connectivity index (χ1) is 9.19. The number of ether oxygens (including phenoxy) is 2. The number of alkyl halides is 1. The molecular formula is C15H14BrClO2. The summed E-state index contributed by atoms with van der Waals surface area (Å²) in [6.45, 7) is 0. The fraction of sp³-hybridized carbons (Fsp3) is 0.200. The smallest absolute Gasteiger partial charge is 0.141 e. The quantitative estimate of drug-likeness (QED) is 0.744.